The van der Waals surface area contributed by atoms with Crippen molar-refractivity contribution >= 4 is 21.9 Å². The number of quaternary nitrogens is 1. The Balaban J connectivity index is 2.72. The highest BCUT2D eigenvalue weighted by atomic mass is 79.9. The van der Waals surface area contributed by atoms with Crippen LogP contribution in [0, 0.1) is 0 Å². The van der Waals surface area contributed by atoms with Crippen LogP contribution in [0.25, 0.3) is 0 Å². The Labute approximate surface area is 110 Å². The largest absolute Gasteiger partial charge is 0.466 e. The Morgan fingerprint density at radius 3 is 2.71 bits per heavy atom. The number of hydrogen-bond donors (Lipinski definition) is 1. The SMILES string of the molecule is CCOC(=O)C[C@H]([NH3+])c1ccc(CC)c(Br)c1. The molecule has 0 radical (unpaired) electrons. The molecule has 0 aromatic heterocycles. The third-order valence-electron chi connectivity index (χ3n) is 2.65. The predicted molar refractivity (Wildman–Crippen MR) is 70.4 cm³/mol. The minimum atomic E-state index is -0.191. The normalized spacial score (nSPS) is 12.2. The molecule has 0 saturated heterocycles. The molecule has 0 unspecified atom stereocenters. The van der Waals surface area contributed by atoms with Gasteiger partial charge in [0, 0.05) is 10.0 Å². The number of aryl methyl sites for hydroxylation is 1. The van der Waals surface area contributed by atoms with E-state index in [1.165, 1.54) is 5.56 Å². The van der Waals surface area contributed by atoms with Crippen molar-refractivity contribution in [1.82, 2.24) is 0 Å². The van der Waals surface area contributed by atoms with Crippen molar-refractivity contribution < 1.29 is 15.3 Å². The summed E-state index contributed by atoms with van der Waals surface area (Å²) in [7, 11) is 0. The summed E-state index contributed by atoms with van der Waals surface area (Å²) in [5.74, 6) is -0.191. The topological polar surface area (TPSA) is 53.9 Å². The minimum Gasteiger partial charge on any atom is -0.466 e. The van der Waals surface area contributed by atoms with Crippen molar-refractivity contribution in [2.45, 2.75) is 32.7 Å². The van der Waals surface area contributed by atoms with Gasteiger partial charge < -0.3 is 10.5 Å². The molecule has 0 fully saturated rings. The van der Waals surface area contributed by atoms with Gasteiger partial charge in [-0.05, 0) is 25.0 Å². The first-order chi connectivity index (χ1) is 8.08. The molecule has 3 nitrogen and oxygen atoms in total. The smallest absolute Gasteiger partial charge is 0.312 e. The number of carbonyl (C=O) groups is 1. The summed E-state index contributed by atoms with van der Waals surface area (Å²) in [4.78, 5) is 11.4. The van der Waals surface area contributed by atoms with Crippen LogP contribution in [0.5, 0.6) is 0 Å². The molecular formula is C13H19BrNO2+. The van der Waals surface area contributed by atoms with Crippen LogP contribution in [0.2, 0.25) is 0 Å². The van der Waals surface area contributed by atoms with E-state index >= 15 is 0 Å². The third-order valence-corrected chi connectivity index (χ3v) is 3.39. The molecule has 1 rings (SSSR count). The van der Waals surface area contributed by atoms with Gasteiger partial charge in [-0.15, -0.1) is 0 Å². The Morgan fingerprint density at radius 1 is 1.47 bits per heavy atom. The number of benzene rings is 1. The maximum Gasteiger partial charge on any atom is 0.312 e. The van der Waals surface area contributed by atoms with Gasteiger partial charge in [-0.3, -0.25) is 4.79 Å². The van der Waals surface area contributed by atoms with Gasteiger partial charge in [0.15, 0.2) is 0 Å². The zero-order chi connectivity index (χ0) is 12.8. The van der Waals surface area contributed by atoms with E-state index in [-0.39, 0.29) is 12.0 Å². The maximum absolute atomic E-state index is 11.4. The molecule has 94 valence electrons. The van der Waals surface area contributed by atoms with Gasteiger partial charge in [-0.2, -0.15) is 0 Å². The molecular weight excluding hydrogens is 282 g/mol. The van der Waals surface area contributed by atoms with E-state index in [1.54, 1.807) is 0 Å². The zero-order valence-electron chi connectivity index (χ0n) is 10.3. The molecule has 0 bridgehead atoms. The molecule has 0 aliphatic carbocycles. The fourth-order valence-corrected chi connectivity index (χ4v) is 2.32. The van der Waals surface area contributed by atoms with Crippen molar-refractivity contribution in [2.75, 3.05) is 6.61 Å². The molecule has 1 atom stereocenters. The lowest BCUT2D eigenvalue weighted by Crippen LogP contribution is -2.54. The Kier molecular flexibility index (Phi) is 5.65. The monoisotopic (exact) mass is 300 g/mol. The summed E-state index contributed by atoms with van der Waals surface area (Å²) in [6.07, 6.45) is 1.31. The maximum atomic E-state index is 11.4. The summed E-state index contributed by atoms with van der Waals surface area (Å²) in [6.45, 7) is 4.34. The second-order valence-electron chi connectivity index (χ2n) is 3.91. The lowest BCUT2D eigenvalue weighted by molar-refractivity contribution is -0.425. The molecule has 0 aliphatic heterocycles. The Bertz CT molecular complexity index is 393. The lowest BCUT2D eigenvalue weighted by Gasteiger charge is -2.10. The fraction of sp³-hybridized carbons (Fsp3) is 0.462. The molecule has 17 heavy (non-hydrogen) atoms. The van der Waals surface area contributed by atoms with E-state index in [1.807, 2.05) is 19.1 Å². The molecule has 3 N–H and O–H groups in total. The summed E-state index contributed by atoms with van der Waals surface area (Å²) >= 11 is 3.53. The van der Waals surface area contributed by atoms with E-state index in [2.05, 4.69) is 34.7 Å². The molecule has 1 aromatic rings. The van der Waals surface area contributed by atoms with Gasteiger partial charge in [0.2, 0.25) is 0 Å². The van der Waals surface area contributed by atoms with Crippen molar-refractivity contribution in [2.24, 2.45) is 0 Å². The quantitative estimate of drug-likeness (QED) is 0.848. The highest BCUT2D eigenvalue weighted by Gasteiger charge is 2.16. The van der Waals surface area contributed by atoms with Crippen LogP contribution in [0.15, 0.2) is 22.7 Å². The minimum absolute atomic E-state index is 0.0590. The molecule has 0 amide bonds. The first-order valence-electron chi connectivity index (χ1n) is 5.85. The van der Waals surface area contributed by atoms with Gasteiger partial charge >= 0.3 is 5.97 Å². The molecule has 0 heterocycles. The highest BCUT2D eigenvalue weighted by Crippen LogP contribution is 2.22. The summed E-state index contributed by atoms with van der Waals surface area (Å²) < 4.78 is 6.00. The van der Waals surface area contributed by atoms with Gasteiger partial charge in [-0.25, -0.2) is 0 Å². The van der Waals surface area contributed by atoms with Gasteiger partial charge in [-0.1, -0.05) is 35.0 Å². The number of ether oxygens (including phenoxy) is 1. The van der Waals surface area contributed by atoms with Gasteiger partial charge in [0.1, 0.15) is 12.5 Å². The lowest BCUT2D eigenvalue weighted by atomic mass is 10.0. The number of carbonyl (C=O) groups excluding carboxylic acids is 1. The summed E-state index contributed by atoms with van der Waals surface area (Å²) in [6, 6.07) is 6.08. The van der Waals surface area contributed by atoms with Crippen LogP contribution in [0.1, 0.15) is 37.4 Å². The second kappa shape index (κ2) is 6.77. The molecule has 4 heteroatoms. The number of hydrogen-bond acceptors (Lipinski definition) is 2. The van der Waals surface area contributed by atoms with Crippen LogP contribution in [-0.2, 0) is 16.0 Å². The molecule has 0 spiro atoms. The standard InChI is InChI=1S/C13H18BrNO2/c1-3-9-5-6-10(7-11(9)14)12(15)8-13(16)17-4-2/h5-7,12H,3-4,8,15H2,1-2H3/p+1/t12-/m0/s1. The first-order valence-corrected chi connectivity index (χ1v) is 6.64. The number of rotatable bonds is 5. The third kappa shape index (κ3) is 4.13. The van der Waals surface area contributed by atoms with E-state index in [4.69, 9.17) is 4.74 Å². The average Bonchev–Trinajstić information content (AvgIpc) is 2.29. The van der Waals surface area contributed by atoms with Crippen molar-refractivity contribution in [3.63, 3.8) is 0 Å². The van der Waals surface area contributed by atoms with Crippen LogP contribution in [0.3, 0.4) is 0 Å². The zero-order valence-corrected chi connectivity index (χ0v) is 11.9. The van der Waals surface area contributed by atoms with E-state index in [0.29, 0.717) is 13.0 Å². The van der Waals surface area contributed by atoms with Crippen LogP contribution in [0.4, 0.5) is 0 Å². The van der Waals surface area contributed by atoms with Gasteiger partial charge in [0.25, 0.3) is 0 Å². The Morgan fingerprint density at radius 2 is 2.18 bits per heavy atom. The molecule has 0 aliphatic rings. The van der Waals surface area contributed by atoms with Crippen molar-refractivity contribution in [3.05, 3.63) is 33.8 Å². The number of halogens is 1. The van der Waals surface area contributed by atoms with Crippen LogP contribution < -0.4 is 5.73 Å². The van der Waals surface area contributed by atoms with Crippen molar-refractivity contribution in [3.8, 4) is 0 Å². The average molecular weight is 301 g/mol. The van der Waals surface area contributed by atoms with E-state index < -0.39 is 0 Å². The molecule has 1 aromatic carbocycles. The van der Waals surface area contributed by atoms with E-state index in [0.717, 1.165) is 16.5 Å². The van der Waals surface area contributed by atoms with Gasteiger partial charge in [0.05, 0.1) is 6.61 Å². The highest BCUT2D eigenvalue weighted by molar-refractivity contribution is 9.10. The fourth-order valence-electron chi connectivity index (χ4n) is 1.64. The number of esters is 1. The predicted octanol–water partition coefficient (Wildman–Crippen LogP) is 2.25. The summed E-state index contributed by atoms with van der Waals surface area (Å²) in [5, 5.41) is 0. The summed E-state index contributed by atoms with van der Waals surface area (Å²) in [5.41, 5.74) is 6.32. The molecule has 0 saturated carbocycles. The van der Waals surface area contributed by atoms with Crippen LogP contribution >= 0.6 is 15.9 Å². The van der Waals surface area contributed by atoms with Crippen LogP contribution in [-0.4, -0.2) is 12.6 Å². The van der Waals surface area contributed by atoms with E-state index in [9.17, 15) is 4.79 Å². The Hall–Kier alpha value is -0.870. The first kappa shape index (κ1) is 14.2. The van der Waals surface area contributed by atoms with Crippen molar-refractivity contribution in [1.29, 1.82) is 0 Å². The second-order valence-corrected chi connectivity index (χ2v) is 4.76.